The highest BCUT2D eigenvalue weighted by molar-refractivity contribution is 5.80. The lowest BCUT2D eigenvalue weighted by molar-refractivity contribution is -0.148. The van der Waals surface area contributed by atoms with E-state index in [1.165, 1.54) is 0 Å². The molecule has 0 atom stereocenters. The number of carboxylic acids is 1. The topological polar surface area (TPSA) is 101 Å². The first-order valence-corrected chi connectivity index (χ1v) is 13.2. The molecule has 0 bridgehead atoms. The summed E-state index contributed by atoms with van der Waals surface area (Å²) in [6.45, 7) is 0.825. The van der Waals surface area contributed by atoms with E-state index in [0.717, 1.165) is 51.9 Å². The number of ether oxygens (including phenoxy) is 1. The predicted molar refractivity (Wildman–Crippen MR) is 148 cm³/mol. The van der Waals surface area contributed by atoms with Crippen molar-refractivity contribution in [3.63, 3.8) is 0 Å². The number of hydrogen-bond donors (Lipinski definition) is 1. The van der Waals surface area contributed by atoms with E-state index >= 15 is 0 Å². The largest absolute Gasteiger partial charge is 0.487 e. The number of aromatic nitrogens is 3. The number of hydrogen-bond acceptors (Lipinski definition) is 5. The van der Waals surface area contributed by atoms with Gasteiger partial charge in [0.2, 0.25) is 0 Å². The van der Waals surface area contributed by atoms with Gasteiger partial charge in [-0.2, -0.15) is 5.26 Å². The fourth-order valence-corrected chi connectivity index (χ4v) is 5.65. The summed E-state index contributed by atoms with van der Waals surface area (Å²) in [5, 5.41) is 20.6. The molecule has 1 N–H and O–H groups in total. The van der Waals surface area contributed by atoms with Crippen LogP contribution in [0.3, 0.4) is 0 Å². The first kappa shape index (κ1) is 24.6. The van der Waals surface area contributed by atoms with Crippen LogP contribution in [0.4, 0.5) is 0 Å². The first-order chi connectivity index (χ1) is 19.0. The van der Waals surface area contributed by atoms with Gasteiger partial charge in [-0.1, -0.05) is 49.2 Å². The standard InChI is InChI=1S/C32H28N4O3/c33-19-22-6-5-7-23(16-22)20-36-29-13-12-26(39-21-25-11-10-24-8-1-2-9-27(24)34-25)17-28(29)35-30(36)18-32(31(37)38)14-3-4-15-32/h1-2,5-13,16-17H,3-4,14-15,18,20-21H2,(H,37,38). The van der Waals surface area contributed by atoms with Crippen molar-refractivity contribution in [2.75, 3.05) is 0 Å². The molecule has 5 aromatic rings. The number of nitrogens with zero attached hydrogens (tertiary/aromatic N) is 4. The van der Waals surface area contributed by atoms with Crippen LogP contribution in [-0.2, 0) is 24.4 Å². The molecule has 3 aromatic carbocycles. The van der Waals surface area contributed by atoms with Crippen LogP contribution in [0, 0.1) is 16.7 Å². The van der Waals surface area contributed by atoms with E-state index in [0.29, 0.717) is 43.7 Å². The van der Waals surface area contributed by atoms with Crippen LogP contribution in [0.5, 0.6) is 5.75 Å². The van der Waals surface area contributed by atoms with Crippen LogP contribution in [-0.4, -0.2) is 25.6 Å². The van der Waals surface area contributed by atoms with Gasteiger partial charge in [0.15, 0.2) is 0 Å². The maximum absolute atomic E-state index is 12.4. The molecule has 39 heavy (non-hydrogen) atoms. The fraction of sp³-hybridized carbons (Fsp3) is 0.250. The average Bonchev–Trinajstić information content (AvgIpc) is 3.57. The minimum atomic E-state index is -0.797. The quantitative estimate of drug-likeness (QED) is 0.261. The molecule has 7 heteroatoms. The number of rotatable bonds is 8. The minimum absolute atomic E-state index is 0.326. The molecule has 0 radical (unpaired) electrons. The number of benzene rings is 3. The zero-order chi connectivity index (χ0) is 26.8. The van der Waals surface area contributed by atoms with E-state index < -0.39 is 11.4 Å². The van der Waals surface area contributed by atoms with Gasteiger partial charge in [-0.15, -0.1) is 0 Å². The van der Waals surface area contributed by atoms with Gasteiger partial charge in [0, 0.05) is 24.4 Å². The molecule has 0 saturated heterocycles. The second-order valence-corrected chi connectivity index (χ2v) is 10.3. The second-order valence-electron chi connectivity index (χ2n) is 10.3. The Morgan fingerprint density at radius 3 is 2.64 bits per heavy atom. The summed E-state index contributed by atoms with van der Waals surface area (Å²) < 4.78 is 8.18. The van der Waals surface area contributed by atoms with Gasteiger partial charge < -0.3 is 14.4 Å². The SMILES string of the molecule is N#Cc1cccc(Cn2c(CC3(C(=O)O)CCCC3)nc3cc(OCc4ccc5ccccc5n4)ccc32)c1. The lowest BCUT2D eigenvalue weighted by Gasteiger charge is -2.24. The van der Waals surface area contributed by atoms with Crippen molar-refractivity contribution in [1.82, 2.24) is 14.5 Å². The van der Waals surface area contributed by atoms with Crippen LogP contribution in [0.15, 0.2) is 78.9 Å². The average molecular weight is 517 g/mol. The number of carboxylic acid groups (broad SMARTS) is 1. The third kappa shape index (κ3) is 4.94. The maximum atomic E-state index is 12.4. The Labute approximate surface area is 226 Å². The number of imidazole rings is 1. The molecule has 0 unspecified atom stereocenters. The van der Waals surface area contributed by atoms with Gasteiger partial charge in [0.25, 0.3) is 0 Å². The Kier molecular flexibility index (Phi) is 6.45. The van der Waals surface area contributed by atoms with E-state index in [4.69, 9.17) is 14.7 Å². The molecule has 0 amide bonds. The normalized spacial score (nSPS) is 14.4. The first-order valence-electron chi connectivity index (χ1n) is 13.2. The molecule has 7 nitrogen and oxygen atoms in total. The van der Waals surface area contributed by atoms with Gasteiger partial charge in [-0.25, -0.2) is 9.97 Å². The summed E-state index contributed by atoms with van der Waals surface area (Å²) in [5.74, 6) is 0.663. The number of pyridine rings is 1. The molecule has 1 aliphatic rings. The van der Waals surface area contributed by atoms with Gasteiger partial charge in [0.05, 0.1) is 39.3 Å². The maximum Gasteiger partial charge on any atom is 0.310 e. The Balaban J connectivity index is 1.33. The Hall–Kier alpha value is -4.70. The number of carbonyl (C=O) groups is 1. The lowest BCUT2D eigenvalue weighted by atomic mass is 9.82. The van der Waals surface area contributed by atoms with Gasteiger partial charge in [0.1, 0.15) is 18.2 Å². The molecule has 6 rings (SSSR count). The van der Waals surface area contributed by atoms with Crippen LogP contribution in [0.2, 0.25) is 0 Å². The van der Waals surface area contributed by atoms with E-state index in [-0.39, 0.29) is 0 Å². The molecular weight excluding hydrogens is 488 g/mol. The highest BCUT2D eigenvalue weighted by Gasteiger charge is 2.42. The van der Waals surface area contributed by atoms with E-state index in [2.05, 4.69) is 10.6 Å². The molecule has 1 fully saturated rings. The Morgan fingerprint density at radius 2 is 1.82 bits per heavy atom. The molecule has 1 saturated carbocycles. The van der Waals surface area contributed by atoms with Crippen molar-refractivity contribution < 1.29 is 14.6 Å². The molecule has 1 aliphatic carbocycles. The third-order valence-corrected chi connectivity index (χ3v) is 7.75. The molecule has 2 heterocycles. The van der Waals surface area contributed by atoms with Crippen molar-refractivity contribution in [3.8, 4) is 11.8 Å². The summed E-state index contributed by atoms with van der Waals surface area (Å²) in [6, 6.07) is 27.5. The predicted octanol–water partition coefficient (Wildman–Crippen LogP) is 6.27. The number of aliphatic carboxylic acids is 1. The van der Waals surface area contributed by atoms with E-state index in [1.54, 1.807) is 6.07 Å². The summed E-state index contributed by atoms with van der Waals surface area (Å²) >= 11 is 0. The van der Waals surface area contributed by atoms with E-state index in [9.17, 15) is 15.2 Å². The van der Waals surface area contributed by atoms with Gasteiger partial charge in [-0.05, 0) is 54.8 Å². The molecule has 0 aliphatic heterocycles. The van der Waals surface area contributed by atoms with Gasteiger partial charge >= 0.3 is 5.97 Å². The number of para-hydroxylation sites is 1. The molecule has 0 spiro atoms. The van der Waals surface area contributed by atoms with Crippen molar-refractivity contribution in [2.24, 2.45) is 5.41 Å². The summed E-state index contributed by atoms with van der Waals surface area (Å²) in [6.07, 6.45) is 3.51. The smallest absolute Gasteiger partial charge is 0.310 e. The van der Waals surface area contributed by atoms with Crippen molar-refractivity contribution in [2.45, 2.75) is 45.3 Å². The van der Waals surface area contributed by atoms with Crippen molar-refractivity contribution >= 4 is 27.9 Å². The molecule has 2 aromatic heterocycles. The van der Waals surface area contributed by atoms with Crippen molar-refractivity contribution in [1.29, 1.82) is 5.26 Å². The zero-order valence-electron chi connectivity index (χ0n) is 21.5. The second kappa shape index (κ2) is 10.2. The van der Waals surface area contributed by atoms with Gasteiger partial charge in [-0.3, -0.25) is 4.79 Å². The Bertz CT molecular complexity index is 1730. The highest BCUT2D eigenvalue weighted by Crippen LogP contribution is 2.41. The summed E-state index contributed by atoms with van der Waals surface area (Å²) in [4.78, 5) is 22.0. The zero-order valence-corrected chi connectivity index (χ0v) is 21.5. The number of fused-ring (bicyclic) bond motifs is 2. The highest BCUT2D eigenvalue weighted by atomic mass is 16.5. The fourth-order valence-electron chi connectivity index (χ4n) is 5.65. The van der Waals surface area contributed by atoms with Crippen LogP contribution in [0.25, 0.3) is 21.9 Å². The lowest BCUT2D eigenvalue weighted by Crippen LogP contribution is -2.31. The molecular formula is C32H28N4O3. The number of nitriles is 1. The summed E-state index contributed by atoms with van der Waals surface area (Å²) in [5.41, 5.74) is 4.18. The summed E-state index contributed by atoms with van der Waals surface area (Å²) in [7, 11) is 0. The van der Waals surface area contributed by atoms with E-state index in [1.807, 2.05) is 72.8 Å². The van der Waals surface area contributed by atoms with Crippen LogP contribution >= 0.6 is 0 Å². The monoisotopic (exact) mass is 516 g/mol. The third-order valence-electron chi connectivity index (χ3n) is 7.75. The Morgan fingerprint density at radius 1 is 0.974 bits per heavy atom. The van der Waals surface area contributed by atoms with Crippen LogP contribution < -0.4 is 4.74 Å². The minimum Gasteiger partial charge on any atom is -0.487 e. The molecule has 194 valence electrons. The van der Waals surface area contributed by atoms with Crippen LogP contribution in [0.1, 0.15) is 48.3 Å². The van der Waals surface area contributed by atoms with Crippen molar-refractivity contribution in [3.05, 3.63) is 102 Å².